The zero-order valence-electron chi connectivity index (χ0n) is 10.9. The van der Waals surface area contributed by atoms with Crippen LogP contribution in [0, 0.1) is 0 Å². The van der Waals surface area contributed by atoms with Gasteiger partial charge in [-0.2, -0.15) is 0 Å². The number of carbonyl (C=O) groups excluding carboxylic acids is 1. The Hall–Kier alpha value is -1.59. The summed E-state index contributed by atoms with van der Waals surface area (Å²) in [4.78, 5) is 12.1. The van der Waals surface area contributed by atoms with E-state index in [-0.39, 0.29) is 24.3 Å². The van der Waals surface area contributed by atoms with Crippen molar-refractivity contribution in [1.29, 1.82) is 0 Å². The van der Waals surface area contributed by atoms with Crippen molar-refractivity contribution in [3.05, 3.63) is 58.5 Å². The second kappa shape index (κ2) is 7.26. The van der Waals surface area contributed by atoms with Crippen molar-refractivity contribution in [3.63, 3.8) is 0 Å². The van der Waals surface area contributed by atoms with E-state index in [0.717, 1.165) is 5.56 Å². The Morgan fingerprint density at radius 3 is 2.60 bits per heavy atom. The molecule has 5 heteroatoms. The van der Waals surface area contributed by atoms with E-state index in [1.165, 1.54) is 0 Å². The lowest BCUT2D eigenvalue weighted by molar-refractivity contribution is 0.0903. The Kier molecular flexibility index (Phi) is 5.38. The smallest absolute Gasteiger partial charge is 0.287 e. The van der Waals surface area contributed by atoms with E-state index in [2.05, 4.69) is 21.2 Å². The molecule has 2 N–H and O–H groups in total. The zero-order chi connectivity index (χ0) is 14.4. The topological polar surface area (TPSA) is 62.5 Å². The van der Waals surface area contributed by atoms with Crippen LogP contribution in [0.25, 0.3) is 0 Å². The molecule has 1 aromatic carbocycles. The first-order valence-electron chi connectivity index (χ1n) is 6.42. The van der Waals surface area contributed by atoms with Crippen LogP contribution < -0.4 is 5.32 Å². The number of furan rings is 1. The molecule has 0 radical (unpaired) electrons. The first kappa shape index (κ1) is 14.8. The summed E-state index contributed by atoms with van der Waals surface area (Å²) in [6.07, 6.45) is 1.30. The summed E-state index contributed by atoms with van der Waals surface area (Å²) in [5.74, 6) is 0.00398. The number of halogens is 1. The normalized spacial score (nSPS) is 12.1. The summed E-state index contributed by atoms with van der Waals surface area (Å²) >= 11 is 3.17. The molecule has 2 rings (SSSR count). The Morgan fingerprint density at radius 1 is 1.25 bits per heavy atom. The second-order valence-corrected chi connectivity index (χ2v) is 5.19. The fourth-order valence-corrected chi connectivity index (χ4v) is 2.28. The van der Waals surface area contributed by atoms with E-state index < -0.39 is 0 Å². The van der Waals surface area contributed by atoms with Gasteiger partial charge in [0.25, 0.3) is 5.91 Å². The molecule has 0 fully saturated rings. The van der Waals surface area contributed by atoms with Crippen molar-refractivity contribution in [1.82, 2.24) is 5.32 Å². The highest BCUT2D eigenvalue weighted by atomic mass is 79.9. The van der Waals surface area contributed by atoms with E-state index in [1.807, 2.05) is 30.3 Å². The summed E-state index contributed by atoms with van der Waals surface area (Å²) in [5.41, 5.74) is 1.01. The van der Waals surface area contributed by atoms with Crippen LogP contribution in [0.1, 0.15) is 35.0 Å². The average molecular weight is 338 g/mol. The predicted molar refractivity (Wildman–Crippen MR) is 79.4 cm³/mol. The SMILES string of the molecule is O=C(NC(CCCO)c1ccccc1)c1ccc(Br)o1. The first-order valence-corrected chi connectivity index (χ1v) is 7.22. The third-order valence-corrected chi connectivity index (χ3v) is 3.38. The highest BCUT2D eigenvalue weighted by Gasteiger charge is 2.17. The molecule has 1 atom stereocenters. The highest BCUT2D eigenvalue weighted by Crippen LogP contribution is 2.20. The van der Waals surface area contributed by atoms with Crippen molar-refractivity contribution in [2.24, 2.45) is 0 Å². The predicted octanol–water partition coefficient (Wildman–Crippen LogP) is 3.29. The number of carbonyl (C=O) groups is 1. The van der Waals surface area contributed by atoms with Gasteiger partial charge < -0.3 is 14.8 Å². The number of benzene rings is 1. The molecule has 4 nitrogen and oxygen atoms in total. The largest absolute Gasteiger partial charge is 0.444 e. The van der Waals surface area contributed by atoms with Crippen LogP contribution in [-0.2, 0) is 0 Å². The van der Waals surface area contributed by atoms with Crippen LogP contribution in [-0.4, -0.2) is 17.6 Å². The van der Waals surface area contributed by atoms with E-state index in [9.17, 15) is 4.79 Å². The van der Waals surface area contributed by atoms with E-state index in [1.54, 1.807) is 12.1 Å². The minimum atomic E-state index is -0.262. The molecule has 1 amide bonds. The molecule has 106 valence electrons. The first-order chi connectivity index (χ1) is 9.70. The minimum Gasteiger partial charge on any atom is -0.444 e. The van der Waals surface area contributed by atoms with Gasteiger partial charge in [-0.25, -0.2) is 0 Å². The molecule has 2 aromatic rings. The van der Waals surface area contributed by atoms with Gasteiger partial charge in [0.2, 0.25) is 0 Å². The van der Waals surface area contributed by atoms with Gasteiger partial charge in [-0.05, 0) is 46.5 Å². The molecule has 0 aliphatic rings. The van der Waals surface area contributed by atoms with E-state index >= 15 is 0 Å². The Bertz CT molecular complexity index is 553. The molecule has 20 heavy (non-hydrogen) atoms. The number of hydrogen-bond acceptors (Lipinski definition) is 3. The Labute approximate surface area is 125 Å². The molecule has 0 aliphatic heterocycles. The van der Waals surface area contributed by atoms with Crippen LogP contribution in [0.5, 0.6) is 0 Å². The molecule has 0 saturated carbocycles. The molecule has 1 unspecified atom stereocenters. The van der Waals surface area contributed by atoms with Gasteiger partial charge in [0, 0.05) is 6.61 Å². The van der Waals surface area contributed by atoms with Crippen molar-refractivity contribution in [2.75, 3.05) is 6.61 Å². The monoisotopic (exact) mass is 337 g/mol. The summed E-state index contributed by atoms with van der Waals surface area (Å²) in [7, 11) is 0. The summed E-state index contributed by atoms with van der Waals surface area (Å²) < 4.78 is 5.76. The summed E-state index contributed by atoms with van der Waals surface area (Å²) in [5, 5.41) is 11.9. The maximum absolute atomic E-state index is 12.1. The van der Waals surface area contributed by atoms with E-state index in [4.69, 9.17) is 9.52 Å². The maximum Gasteiger partial charge on any atom is 0.287 e. The molecule has 1 aromatic heterocycles. The quantitative estimate of drug-likeness (QED) is 0.850. The van der Waals surface area contributed by atoms with Crippen LogP contribution in [0.15, 0.2) is 51.6 Å². The fourth-order valence-electron chi connectivity index (χ4n) is 1.97. The van der Waals surface area contributed by atoms with Gasteiger partial charge in [-0.1, -0.05) is 30.3 Å². The number of aliphatic hydroxyl groups excluding tert-OH is 1. The Morgan fingerprint density at radius 2 is 2.00 bits per heavy atom. The zero-order valence-corrected chi connectivity index (χ0v) is 12.5. The third-order valence-electron chi connectivity index (χ3n) is 2.96. The molecule has 0 saturated heterocycles. The van der Waals surface area contributed by atoms with Crippen molar-refractivity contribution in [2.45, 2.75) is 18.9 Å². The minimum absolute atomic E-state index is 0.103. The third kappa shape index (κ3) is 3.95. The van der Waals surface area contributed by atoms with Crippen molar-refractivity contribution in [3.8, 4) is 0 Å². The van der Waals surface area contributed by atoms with Crippen LogP contribution in [0.3, 0.4) is 0 Å². The van der Waals surface area contributed by atoms with Crippen molar-refractivity contribution < 1.29 is 14.3 Å². The van der Waals surface area contributed by atoms with Gasteiger partial charge in [-0.15, -0.1) is 0 Å². The number of nitrogens with one attached hydrogen (secondary N) is 1. The van der Waals surface area contributed by atoms with Gasteiger partial charge >= 0.3 is 0 Å². The lowest BCUT2D eigenvalue weighted by atomic mass is 10.0. The van der Waals surface area contributed by atoms with E-state index in [0.29, 0.717) is 17.5 Å². The van der Waals surface area contributed by atoms with Crippen LogP contribution in [0.4, 0.5) is 0 Å². The lowest BCUT2D eigenvalue weighted by Gasteiger charge is -2.18. The Balaban J connectivity index is 2.09. The molecule has 0 aliphatic carbocycles. The summed E-state index contributed by atoms with van der Waals surface area (Å²) in [6.45, 7) is 0.103. The number of rotatable bonds is 6. The number of aliphatic hydroxyl groups is 1. The maximum atomic E-state index is 12.1. The second-order valence-electron chi connectivity index (χ2n) is 4.41. The van der Waals surface area contributed by atoms with Gasteiger partial charge in [-0.3, -0.25) is 4.79 Å². The van der Waals surface area contributed by atoms with Crippen LogP contribution in [0.2, 0.25) is 0 Å². The van der Waals surface area contributed by atoms with Gasteiger partial charge in [0.05, 0.1) is 6.04 Å². The molecule has 1 heterocycles. The molecular formula is C15H16BrNO3. The standard InChI is InChI=1S/C15H16BrNO3/c16-14-9-8-13(20-14)15(19)17-12(7-4-10-18)11-5-2-1-3-6-11/h1-3,5-6,8-9,12,18H,4,7,10H2,(H,17,19). The fraction of sp³-hybridized carbons (Fsp3) is 0.267. The van der Waals surface area contributed by atoms with Gasteiger partial charge in [0.1, 0.15) is 0 Å². The molecule has 0 bridgehead atoms. The molecule has 0 spiro atoms. The summed E-state index contributed by atoms with van der Waals surface area (Å²) in [6, 6.07) is 12.9. The van der Waals surface area contributed by atoms with Crippen molar-refractivity contribution >= 4 is 21.8 Å². The molecular weight excluding hydrogens is 322 g/mol. The van der Waals surface area contributed by atoms with Gasteiger partial charge in [0.15, 0.2) is 10.4 Å². The highest BCUT2D eigenvalue weighted by molar-refractivity contribution is 9.10. The number of hydrogen-bond donors (Lipinski definition) is 2. The van der Waals surface area contributed by atoms with Crippen LogP contribution >= 0.6 is 15.9 Å². The lowest BCUT2D eigenvalue weighted by Crippen LogP contribution is -2.28. The number of amides is 1. The average Bonchev–Trinajstić information content (AvgIpc) is 2.91.